The standard InChI is InChI=1S/C13H24N2O2S/c1-5-8-15(10-13-6-7-13)18(16,17)12(4)9-14-11(2)3/h1,11-14H,6-10H2,2-4H3. The molecule has 0 radical (unpaired) electrons. The number of sulfonamides is 1. The molecule has 0 aromatic heterocycles. The lowest BCUT2D eigenvalue weighted by Crippen LogP contribution is -2.44. The van der Waals surface area contributed by atoms with E-state index < -0.39 is 15.3 Å². The molecule has 1 N–H and O–H groups in total. The van der Waals surface area contributed by atoms with E-state index in [1.165, 1.54) is 4.31 Å². The molecule has 1 atom stereocenters. The van der Waals surface area contributed by atoms with Crippen molar-refractivity contribution in [3.05, 3.63) is 0 Å². The number of nitrogens with one attached hydrogen (secondary N) is 1. The summed E-state index contributed by atoms with van der Waals surface area (Å²) in [6.45, 7) is 6.97. The van der Waals surface area contributed by atoms with Crippen molar-refractivity contribution in [2.45, 2.75) is 44.9 Å². The average molecular weight is 272 g/mol. The quantitative estimate of drug-likeness (QED) is 0.672. The van der Waals surface area contributed by atoms with Gasteiger partial charge in [-0.05, 0) is 25.7 Å². The smallest absolute Gasteiger partial charge is 0.218 e. The summed E-state index contributed by atoms with van der Waals surface area (Å²) in [6, 6.07) is 0.284. The van der Waals surface area contributed by atoms with Gasteiger partial charge in [0.05, 0.1) is 11.8 Å². The average Bonchev–Trinajstić information content (AvgIpc) is 3.09. The van der Waals surface area contributed by atoms with Gasteiger partial charge in [0.1, 0.15) is 0 Å². The molecule has 5 heteroatoms. The topological polar surface area (TPSA) is 49.4 Å². The number of hydrogen-bond acceptors (Lipinski definition) is 3. The molecule has 0 amide bonds. The summed E-state index contributed by atoms with van der Waals surface area (Å²) >= 11 is 0. The highest BCUT2D eigenvalue weighted by molar-refractivity contribution is 7.89. The van der Waals surface area contributed by atoms with Gasteiger partial charge in [-0.25, -0.2) is 8.42 Å². The molecule has 1 saturated carbocycles. The highest BCUT2D eigenvalue weighted by atomic mass is 32.2. The SMILES string of the molecule is C#CCN(CC1CC1)S(=O)(=O)C(C)CNC(C)C. The summed E-state index contributed by atoms with van der Waals surface area (Å²) in [5.74, 6) is 2.97. The Bertz CT molecular complexity index is 394. The molecule has 4 nitrogen and oxygen atoms in total. The molecular weight excluding hydrogens is 248 g/mol. The molecule has 0 aromatic carbocycles. The zero-order chi connectivity index (χ0) is 13.8. The molecule has 0 aliphatic heterocycles. The van der Waals surface area contributed by atoms with Gasteiger partial charge in [-0.1, -0.05) is 19.8 Å². The minimum absolute atomic E-state index is 0.185. The van der Waals surface area contributed by atoms with Crippen molar-refractivity contribution in [3.63, 3.8) is 0 Å². The van der Waals surface area contributed by atoms with Gasteiger partial charge in [0.2, 0.25) is 10.0 Å². The minimum atomic E-state index is -3.29. The second-order valence-electron chi connectivity index (χ2n) is 5.36. The number of terminal acetylenes is 1. The Hall–Kier alpha value is -0.570. The van der Waals surface area contributed by atoms with Gasteiger partial charge in [-0.3, -0.25) is 0 Å². The summed E-state index contributed by atoms with van der Waals surface area (Å²) in [5.41, 5.74) is 0. The van der Waals surface area contributed by atoms with Crippen molar-refractivity contribution in [1.82, 2.24) is 9.62 Å². The van der Waals surface area contributed by atoms with E-state index in [0.29, 0.717) is 19.0 Å². The Kier molecular flexibility index (Phi) is 5.64. The molecule has 0 bridgehead atoms. The predicted molar refractivity (Wildman–Crippen MR) is 74.7 cm³/mol. The van der Waals surface area contributed by atoms with Gasteiger partial charge in [-0.15, -0.1) is 6.42 Å². The van der Waals surface area contributed by atoms with Crippen LogP contribution in [0.2, 0.25) is 0 Å². The Morgan fingerprint density at radius 2 is 2.00 bits per heavy atom. The third kappa shape index (κ3) is 4.60. The highest BCUT2D eigenvalue weighted by Crippen LogP contribution is 2.30. The number of nitrogens with zero attached hydrogens (tertiary/aromatic N) is 1. The molecule has 0 heterocycles. The molecular formula is C13H24N2O2S. The summed E-state index contributed by atoms with van der Waals surface area (Å²) in [4.78, 5) is 0. The molecule has 0 spiro atoms. The van der Waals surface area contributed by atoms with Crippen molar-refractivity contribution >= 4 is 10.0 Å². The summed E-state index contributed by atoms with van der Waals surface area (Å²) in [6.07, 6.45) is 7.51. The largest absolute Gasteiger partial charge is 0.313 e. The van der Waals surface area contributed by atoms with E-state index in [4.69, 9.17) is 6.42 Å². The maximum Gasteiger partial charge on any atom is 0.218 e. The third-order valence-electron chi connectivity index (χ3n) is 3.11. The normalized spacial score (nSPS) is 18.0. The Morgan fingerprint density at radius 3 is 2.44 bits per heavy atom. The van der Waals surface area contributed by atoms with Gasteiger partial charge in [0, 0.05) is 19.1 Å². The molecule has 104 valence electrons. The van der Waals surface area contributed by atoms with Crippen molar-refractivity contribution < 1.29 is 8.42 Å². The first kappa shape index (κ1) is 15.5. The van der Waals surface area contributed by atoms with Crippen LogP contribution >= 0.6 is 0 Å². The van der Waals surface area contributed by atoms with E-state index >= 15 is 0 Å². The van der Waals surface area contributed by atoms with Crippen LogP contribution in [0, 0.1) is 18.3 Å². The summed E-state index contributed by atoms with van der Waals surface area (Å²) in [7, 11) is -3.29. The molecule has 18 heavy (non-hydrogen) atoms. The van der Waals surface area contributed by atoms with Crippen LogP contribution in [-0.2, 0) is 10.0 Å². The molecule has 0 aromatic rings. The van der Waals surface area contributed by atoms with Crippen LogP contribution in [0.25, 0.3) is 0 Å². The molecule has 1 fully saturated rings. The van der Waals surface area contributed by atoms with E-state index in [2.05, 4.69) is 11.2 Å². The molecule has 1 aliphatic carbocycles. The molecule has 1 aliphatic rings. The van der Waals surface area contributed by atoms with Gasteiger partial charge >= 0.3 is 0 Å². The van der Waals surface area contributed by atoms with E-state index in [1.807, 2.05) is 13.8 Å². The Morgan fingerprint density at radius 1 is 1.39 bits per heavy atom. The second-order valence-corrected chi connectivity index (χ2v) is 7.71. The fourth-order valence-electron chi connectivity index (χ4n) is 1.71. The fourth-order valence-corrected chi connectivity index (χ4v) is 3.20. The molecule has 1 rings (SSSR count). The van der Waals surface area contributed by atoms with Gasteiger partial charge in [0.25, 0.3) is 0 Å². The monoisotopic (exact) mass is 272 g/mol. The van der Waals surface area contributed by atoms with Gasteiger partial charge in [0.15, 0.2) is 0 Å². The minimum Gasteiger partial charge on any atom is -0.313 e. The number of rotatable bonds is 8. The van der Waals surface area contributed by atoms with Gasteiger partial charge < -0.3 is 5.32 Å². The zero-order valence-electron chi connectivity index (χ0n) is 11.5. The first-order valence-electron chi connectivity index (χ1n) is 6.53. The second kappa shape index (κ2) is 6.55. The van der Waals surface area contributed by atoms with Crippen molar-refractivity contribution in [1.29, 1.82) is 0 Å². The van der Waals surface area contributed by atoms with Crippen LogP contribution < -0.4 is 5.32 Å². The van der Waals surface area contributed by atoms with Crippen LogP contribution in [0.15, 0.2) is 0 Å². The van der Waals surface area contributed by atoms with Crippen molar-refractivity contribution in [3.8, 4) is 12.3 Å². The molecule has 1 unspecified atom stereocenters. The zero-order valence-corrected chi connectivity index (χ0v) is 12.3. The maximum absolute atomic E-state index is 12.4. The Balaban J connectivity index is 2.64. The third-order valence-corrected chi connectivity index (χ3v) is 5.29. The van der Waals surface area contributed by atoms with E-state index in [-0.39, 0.29) is 12.6 Å². The van der Waals surface area contributed by atoms with Crippen LogP contribution in [0.4, 0.5) is 0 Å². The fraction of sp³-hybridized carbons (Fsp3) is 0.846. The summed E-state index contributed by atoms with van der Waals surface area (Å²) < 4.78 is 26.2. The Labute approximate surface area is 111 Å². The number of hydrogen-bond donors (Lipinski definition) is 1. The first-order valence-corrected chi connectivity index (χ1v) is 8.04. The van der Waals surface area contributed by atoms with Crippen molar-refractivity contribution in [2.75, 3.05) is 19.6 Å². The lowest BCUT2D eigenvalue weighted by Gasteiger charge is -2.24. The first-order chi connectivity index (χ1) is 8.37. The van der Waals surface area contributed by atoms with Crippen LogP contribution in [0.3, 0.4) is 0 Å². The predicted octanol–water partition coefficient (Wildman–Crippen LogP) is 1.05. The van der Waals surface area contributed by atoms with Gasteiger partial charge in [-0.2, -0.15) is 4.31 Å². The summed E-state index contributed by atoms with van der Waals surface area (Å²) in [5, 5.41) is 2.72. The van der Waals surface area contributed by atoms with Crippen LogP contribution in [-0.4, -0.2) is 43.6 Å². The maximum atomic E-state index is 12.4. The lowest BCUT2D eigenvalue weighted by molar-refractivity contribution is 0.419. The van der Waals surface area contributed by atoms with Crippen LogP contribution in [0.1, 0.15) is 33.6 Å². The lowest BCUT2D eigenvalue weighted by atomic mass is 10.3. The molecule has 0 saturated heterocycles. The van der Waals surface area contributed by atoms with E-state index in [9.17, 15) is 8.42 Å². The van der Waals surface area contributed by atoms with E-state index in [0.717, 1.165) is 12.8 Å². The highest BCUT2D eigenvalue weighted by Gasteiger charge is 2.33. The van der Waals surface area contributed by atoms with Crippen LogP contribution in [0.5, 0.6) is 0 Å². The van der Waals surface area contributed by atoms with E-state index in [1.54, 1.807) is 6.92 Å². The van der Waals surface area contributed by atoms with Crippen molar-refractivity contribution in [2.24, 2.45) is 5.92 Å².